The molecule has 4 aromatic heterocycles. The van der Waals surface area contributed by atoms with Crippen LogP contribution in [0.25, 0.3) is 17.1 Å². The van der Waals surface area contributed by atoms with Crippen molar-refractivity contribution in [3.63, 3.8) is 0 Å². The highest BCUT2D eigenvalue weighted by Crippen LogP contribution is 2.28. The number of ether oxygens (including phenoxy) is 3. The van der Waals surface area contributed by atoms with Crippen molar-refractivity contribution in [2.75, 3.05) is 0 Å². The number of rotatable bonds is 9. The summed E-state index contributed by atoms with van der Waals surface area (Å²) in [6.07, 6.45) is 11.9. The Hall–Kier alpha value is -6.09. The van der Waals surface area contributed by atoms with Crippen LogP contribution in [-0.2, 0) is 0 Å². The molecule has 0 aliphatic carbocycles. The molecule has 0 saturated heterocycles. The number of nitrogens with zero attached hydrogens (tertiary/aromatic N) is 6. The molecule has 204 valence electrons. The summed E-state index contributed by atoms with van der Waals surface area (Å²) in [6.45, 7) is 0. The zero-order chi connectivity index (χ0) is 28.1. The van der Waals surface area contributed by atoms with Gasteiger partial charge in [-0.15, -0.1) is 15.0 Å². The van der Waals surface area contributed by atoms with Crippen molar-refractivity contribution >= 4 is 0 Å². The average Bonchev–Trinajstić information content (AvgIpc) is 3.83. The smallest absolute Gasteiger partial charge is 0.331 e. The third-order valence-corrected chi connectivity index (χ3v) is 6.42. The maximum absolute atomic E-state index is 6.01. The van der Waals surface area contributed by atoms with Crippen LogP contribution in [0.2, 0.25) is 0 Å². The van der Waals surface area contributed by atoms with Crippen LogP contribution in [-0.4, -0.2) is 28.7 Å². The quantitative estimate of drug-likeness (QED) is 0.183. The molecule has 0 spiro atoms. The van der Waals surface area contributed by atoms with Crippen molar-refractivity contribution < 1.29 is 14.2 Å². The van der Waals surface area contributed by atoms with E-state index >= 15 is 0 Å². The van der Waals surface area contributed by atoms with Crippen LogP contribution in [0.5, 0.6) is 35.3 Å². The van der Waals surface area contributed by atoms with Crippen molar-refractivity contribution in [2.24, 2.45) is 0 Å². The minimum Gasteiger partial charge on any atom is -0.424 e. The number of hydrogen-bond donors (Lipinski definition) is 0. The molecule has 0 N–H and O–H groups in total. The summed E-state index contributed by atoms with van der Waals surface area (Å²) >= 11 is 0. The van der Waals surface area contributed by atoms with Crippen LogP contribution >= 0.6 is 0 Å². The third-order valence-electron chi connectivity index (χ3n) is 6.42. The van der Waals surface area contributed by atoms with Gasteiger partial charge >= 0.3 is 18.0 Å². The van der Waals surface area contributed by atoms with E-state index in [9.17, 15) is 0 Å². The molecule has 0 fully saturated rings. The summed E-state index contributed by atoms with van der Waals surface area (Å²) in [4.78, 5) is 13.2. The van der Waals surface area contributed by atoms with E-state index in [0.717, 1.165) is 17.1 Å². The number of hydrogen-bond acceptors (Lipinski definition) is 6. The minimum absolute atomic E-state index is 0.0386. The maximum atomic E-state index is 6.01. The van der Waals surface area contributed by atoms with E-state index in [1.165, 1.54) is 0 Å². The van der Waals surface area contributed by atoms with Crippen LogP contribution in [0, 0.1) is 0 Å². The molecule has 4 heterocycles. The first-order chi connectivity index (χ1) is 20.7. The fraction of sp³-hybridized carbons (Fsp3) is 0. The SMILES string of the molecule is c1ccn(-c2ccc(Oc3nc(Oc4ccc(-n5cccc5)cc4)nc(Oc4ccc(-n5cccc5)cc4)n3)cc2)c1. The molecule has 0 bridgehead atoms. The Morgan fingerprint density at radius 3 is 0.810 bits per heavy atom. The molecule has 0 aliphatic heterocycles. The Balaban J connectivity index is 1.15. The van der Waals surface area contributed by atoms with Gasteiger partial charge in [0.2, 0.25) is 0 Å². The van der Waals surface area contributed by atoms with Gasteiger partial charge in [0.05, 0.1) is 0 Å². The Labute approximate surface area is 241 Å². The van der Waals surface area contributed by atoms with Gasteiger partial charge in [0, 0.05) is 54.2 Å². The number of benzene rings is 3. The molecule has 9 heteroatoms. The average molecular weight is 553 g/mol. The molecule has 3 aromatic carbocycles. The molecule has 0 aliphatic rings. The first kappa shape index (κ1) is 24.9. The summed E-state index contributed by atoms with van der Waals surface area (Å²) in [5, 5.41) is 0. The van der Waals surface area contributed by atoms with Crippen molar-refractivity contribution in [3.05, 3.63) is 146 Å². The molecule has 0 radical (unpaired) electrons. The largest absolute Gasteiger partial charge is 0.424 e. The molecule has 7 rings (SSSR count). The fourth-order valence-corrected chi connectivity index (χ4v) is 4.35. The molecule has 9 nitrogen and oxygen atoms in total. The number of aromatic nitrogens is 6. The Kier molecular flexibility index (Phi) is 6.63. The molecule has 42 heavy (non-hydrogen) atoms. The van der Waals surface area contributed by atoms with Crippen LogP contribution in [0.3, 0.4) is 0 Å². The van der Waals surface area contributed by atoms with Crippen LogP contribution in [0.15, 0.2) is 146 Å². The van der Waals surface area contributed by atoms with E-state index in [4.69, 9.17) is 14.2 Å². The van der Waals surface area contributed by atoms with Gasteiger partial charge in [-0.1, -0.05) is 0 Å². The van der Waals surface area contributed by atoms with E-state index in [1.54, 1.807) is 0 Å². The molecule has 7 aromatic rings. The summed E-state index contributed by atoms with van der Waals surface area (Å²) in [5.41, 5.74) is 3.01. The Morgan fingerprint density at radius 1 is 0.333 bits per heavy atom. The van der Waals surface area contributed by atoms with Gasteiger partial charge in [0.25, 0.3) is 0 Å². The molecule has 0 atom stereocenters. The second-order valence-corrected chi connectivity index (χ2v) is 9.24. The topological polar surface area (TPSA) is 81.1 Å². The highest BCUT2D eigenvalue weighted by Gasteiger charge is 2.14. The van der Waals surface area contributed by atoms with Gasteiger partial charge in [-0.25, -0.2) is 0 Å². The Bertz CT molecular complexity index is 1630. The first-order valence-corrected chi connectivity index (χ1v) is 13.3. The van der Waals surface area contributed by atoms with Gasteiger partial charge in [-0.05, 0) is 109 Å². The highest BCUT2D eigenvalue weighted by molar-refractivity contribution is 5.41. The summed E-state index contributed by atoms with van der Waals surface area (Å²) in [7, 11) is 0. The lowest BCUT2D eigenvalue weighted by Gasteiger charge is -2.11. The summed E-state index contributed by atoms with van der Waals surface area (Å²) in [6, 6.07) is 34.7. The standard InChI is InChI=1S/C33H24N6O3/c1-2-20-37(19-1)25-7-13-28(14-8-25)40-31-34-32(41-29-15-9-26(10-16-29)38-21-3-4-22-38)36-33(35-31)42-30-17-11-27(12-18-30)39-23-5-6-24-39/h1-24H. The molecular formula is C33H24N6O3. The summed E-state index contributed by atoms with van der Waals surface area (Å²) in [5.74, 6) is 1.67. The van der Waals surface area contributed by atoms with Crippen molar-refractivity contribution in [1.82, 2.24) is 28.7 Å². The second kappa shape index (κ2) is 11.2. The third kappa shape index (κ3) is 5.61. The van der Waals surface area contributed by atoms with E-state index in [2.05, 4.69) is 15.0 Å². The summed E-state index contributed by atoms with van der Waals surface area (Å²) < 4.78 is 24.0. The van der Waals surface area contributed by atoms with Crippen LogP contribution < -0.4 is 14.2 Å². The lowest BCUT2D eigenvalue weighted by Crippen LogP contribution is -2.01. The van der Waals surface area contributed by atoms with E-state index in [1.807, 2.05) is 160 Å². The predicted molar refractivity (Wildman–Crippen MR) is 157 cm³/mol. The van der Waals surface area contributed by atoms with Crippen LogP contribution in [0.1, 0.15) is 0 Å². The second-order valence-electron chi connectivity index (χ2n) is 9.24. The van der Waals surface area contributed by atoms with Crippen LogP contribution in [0.4, 0.5) is 0 Å². The van der Waals surface area contributed by atoms with Gasteiger partial charge in [-0.2, -0.15) is 0 Å². The lowest BCUT2D eigenvalue weighted by molar-refractivity contribution is 0.362. The van der Waals surface area contributed by atoms with Gasteiger partial charge in [0.1, 0.15) is 17.2 Å². The van der Waals surface area contributed by atoms with Crippen molar-refractivity contribution in [3.8, 4) is 52.3 Å². The predicted octanol–water partition coefficient (Wildman–Crippen LogP) is 7.62. The Morgan fingerprint density at radius 2 is 0.571 bits per heavy atom. The normalized spacial score (nSPS) is 10.9. The van der Waals surface area contributed by atoms with Crippen molar-refractivity contribution in [2.45, 2.75) is 0 Å². The first-order valence-electron chi connectivity index (χ1n) is 13.3. The minimum atomic E-state index is 0.0386. The maximum Gasteiger partial charge on any atom is 0.331 e. The highest BCUT2D eigenvalue weighted by atomic mass is 16.5. The zero-order valence-electron chi connectivity index (χ0n) is 22.3. The monoisotopic (exact) mass is 552 g/mol. The van der Waals surface area contributed by atoms with E-state index in [-0.39, 0.29) is 18.0 Å². The molecule has 0 saturated carbocycles. The van der Waals surface area contributed by atoms with Crippen molar-refractivity contribution in [1.29, 1.82) is 0 Å². The van der Waals surface area contributed by atoms with E-state index in [0.29, 0.717) is 17.2 Å². The lowest BCUT2D eigenvalue weighted by atomic mass is 10.3. The zero-order valence-corrected chi connectivity index (χ0v) is 22.3. The molecule has 0 unspecified atom stereocenters. The molecular weight excluding hydrogens is 528 g/mol. The van der Waals surface area contributed by atoms with E-state index < -0.39 is 0 Å². The molecule has 0 amide bonds. The fourth-order valence-electron chi connectivity index (χ4n) is 4.35. The van der Waals surface area contributed by atoms with Gasteiger partial charge in [-0.3, -0.25) is 0 Å². The van der Waals surface area contributed by atoms with Gasteiger partial charge < -0.3 is 27.9 Å². The van der Waals surface area contributed by atoms with Gasteiger partial charge in [0.15, 0.2) is 0 Å².